The number of nitrogens with one attached hydrogen (secondary N) is 1. The summed E-state index contributed by atoms with van der Waals surface area (Å²) in [4.78, 5) is 33.9. The smallest absolute Gasteiger partial charge is 0.259 e. The number of halogens is 1. The summed E-state index contributed by atoms with van der Waals surface area (Å²) in [5.41, 5.74) is 1.90. The summed E-state index contributed by atoms with van der Waals surface area (Å²) in [7, 11) is 3.39. The normalized spacial score (nSPS) is 24.7. The van der Waals surface area contributed by atoms with Crippen molar-refractivity contribution in [2.75, 3.05) is 31.6 Å². The highest BCUT2D eigenvalue weighted by Gasteiger charge is 2.48. The van der Waals surface area contributed by atoms with E-state index in [-0.39, 0.29) is 16.9 Å². The van der Waals surface area contributed by atoms with E-state index in [1.807, 2.05) is 0 Å². The average Bonchev–Trinajstić information content (AvgIpc) is 3.53. The van der Waals surface area contributed by atoms with E-state index >= 15 is 0 Å². The summed E-state index contributed by atoms with van der Waals surface area (Å²) in [6, 6.07) is 6.17. The maximum absolute atomic E-state index is 14.2. The first kappa shape index (κ1) is 23.2. The molecule has 1 aliphatic carbocycles. The van der Waals surface area contributed by atoms with E-state index in [0.29, 0.717) is 53.1 Å². The number of imidazole rings is 1. The number of rotatable bonds is 0. The molecule has 1 N–H and O–H groups in total. The van der Waals surface area contributed by atoms with Gasteiger partial charge in [0.25, 0.3) is 11.5 Å². The second kappa shape index (κ2) is 8.26. The molecule has 2 aliphatic heterocycles. The van der Waals surface area contributed by atoms with Gasteiger partial charge in [-0.05, 0) is 43.4 Å². The van der Waals surface area contributed by atoms with Crippen LogP contribution in [0.15, 0.2) is 41.5 Å². The molecule has 196 valence electrons. The first-order valence-corrected chi connectivity index (χ1v) is 12.9. The van der Waals surface area contributed by atoms with Crippen LogP contribution in [-0.2, 0) is 19.6 Å². The molecule has 5 bridgehead atoms. The summed E-state index contributed by atoms with van der Waals surface area (Å²) in [6.45, 7) is 2.86. The van der Waals surface area contributed by atoms with Crippen LogP contribution in [0.2, 0.25) is 0 Å². The van der Waals surface area contributed by atoms with Gasteiger partial charge in [0, 0.05) is 46.0 Å². The Morgan fingerprint density at radius 1 is 1.18 bits per heavy atom. The van der Waals surface area contributed by atoms with Gasteiger partial charge in [0.1, 0.15) is 12.4 Å². The van der Waals surface area contributed by atoms with Crippen LogP contribution < -0.4 is 15.6 Å². The van der Waals surface area contributed by atoms with Crippen LogP contribution in [0.25, 0.3) is 22.2 Å². The minimum atomic E-state index is -0.404. The van der Waals surface area contributed by atoms with Crippen LogP contribution in [0.3, 0.4) is 0 Å². The number of pyridine rings is 1. The van der Waals surface area contributed by atoms with Gasteiger partial charge in [0.05, 0.1) is 39.5 Å². The van der Waals surface area contributed by atoms with Crippen molar-refractivity contribution in [3.63, 3.8) is 0 Å². The molecule has 1 amide bonds. The highest BCUT2D eigenvalue weighted by molar-refractivity contribution is 6.04. The van der Waals surface area contributed by atoms with Crippen molar-refractivity contribution >= 4 is 22.9 Å². The Hall–Kier alpha value is -3.99. The van der Waals surface area contributed by atoms with Crippen molar-refractivity contribution in [3.05, 3.63) is 58.4 Å². The molecule has 3 aromatic heterocycles. The molecule has 1 saturated carbocycles. The zero-order chi connectivity index (χ0) is 26.2. The molecule has 3 unspecified atom stereocenters. The molecule has 3 aliphatic rings. The Kier molecular flexibility index (Phi) is 5.03. The second-order valence-corrected chi connectivity index (χ2v) is 10.8. The summed E-state index contributed by atoms with van der Waals surface area (Å²) in [5.74, 6) is 0.608. The van der Waals surface area contributed by atoms with Crippen LogP contribution in [0.4, 0.5) is 10.3 Å². The van der Waals surface area contributed by atoms with Gasteiger partial charge in [-0.25, -0.2) is 14.1 Å². The van der Waals surface area contributed by atoms with Gasteiger partial charge >= 0.3 is 0 Å². The number of anilines is 1. The van der Waals surface area contributed by atoms with Crippen LogP contribution in [0, 0.1) is 11.7 Å². The van der Waals surface area contributed by atoms with Crippen LogP contribution >= 0.6 is 0 Å². The van der Waals surface area contributed by atoms with Crippen molar-refractivity contribution in [3.8, 4) is 17.0 Å². The van der Waals surface area contributed by atoms with Gasteiger partial charge in [-0.1, -0.05) is 0 Å². The van der Waals surface area contributed by atoms with E-state index in [0.717, 1.165) is 37.9 Å². The van der Waals surface area contributed by atoms with E-state index in [9.17, 15) is 14.0 Å². The highest BCUT2D eigenvalue weighted by Crippen LogP contribution is 2.48. The number of aromatic nitrogens is 5. The number of hydrogen-bond donors (Lipinski definition) is 1. The zero-order valence-corrected chi connectivity index (χ0v) is 21.3. The fourth-order valence-corrected chi connectivity index (χ4v) is 6.68. The summed E-state index contributed by atoms with van der Waals surface area (Å²) in [6.07, 6.45) is 6.08. The van der Waals surface area contributed by atoms with Gasteiger partial charge < -0.3 is 13.9 Å². The van der Waals surface area contributed by atoms with E-state index in [1.54, 1.807) is 37.1 Å². The molecule has 1 spiro atoms. The lowest BCUT2D eigenvalue weighted by Gasteiger charge is -2.42. The number of carbonyl (C=O) groups excluding carboxylic acids is 1. The third-order valence-corrected chi connectivity index (χ3v) is 8.30. The molecule has 11 heteroatoms. The van der Waals surface area contributed by atoms with Crippen molar-refractivity contribution in [1.29, 1.82) is 0 Å². The molecular formula is C27H28FN7O3. The lowest BCUT2D eigenvalue weighted by molar-refractivity contribution is 0.0902. The van der Waals surface area contributed by atoms with E-state index in [2.05, 4.69) is 19.9 Å². The maximum Gasteiger partial charge on any atom is 0.259 e. The number of ether oxygens (including phenoxy) is 1. The van der Waals surface area contributed by atoms with Crippen molar-refractivity contribution in [1.82, 2.24) is 28.8 Å². The van der Waals surface area contributed by atoms with E-state index in [1.165, 1.54) is 22.9 Å². The molecule has 2 fully saturated rings. The Labute approximate surface area is 217 Å². The molecule has 7 rings (SSSR count). The molecule has 3 atom stereocenters. The fourth-order valence-electron chi connectivity index (χ4n) is 6.68. The van der Waals surface area contributed by atoms with Crippen LogP contribution in [-0.4, -0.2) is 60.9 Å². The second-order valence-electron chi connectivity index (χ2n) is 10.8. The Bertz CT molecular complexity index is 1670. The minimum absolute atomic E-state index is 0.262. The number of nitrogens with zero attached hydrogens (tertiary/aromatic N) is 6. The first-order chi connectivity index (χ1) is 18.3. The van der Waals surface area contributed by atoms with Gasteiger partial charge in [0.15, 0.2) is 0 Å². The molecular weight excluding hydrogens is 489 g/mol. The number of carbonyl (C=O) groups is 1. The molecule has 0 radical (unpaired) electrons. The maximum atomic E-state index is 14.2. The molecule has 1 aromatic carbocycles. The standard InChI is InChI=1S/C27H28FN7O3/c1-32-14-17-9-19(24(32)37)20-12-29-33(2)25(20)38-8-7-34-13-16-5-6-27(11-16,15-34)35-22-4-3-18(28)10-21(22)30-26(35)31-23(17)36/h3-4,9-10,12,14,16H,5-8,11,13,15H2,1-2H3,(H,30,31,36). The lowest BCUT2D eigenvalue weighted by atomic mass is 9.90. The third-order valence-electron chi connectivity index (χ3n) is 8.30. The minimum Gasteiger partial charge on any atom is -0.476 e. The summed E-state index contributed by atoms with van der Waals surface area (Å²) >= 11 is 0. The predicted octanol–water partition coefficient (Wildman–Crippen LogP) is 2.73. The van der Waals surface area contributed by atoms with E-state index in [4.69, 9.17) is 9.72 Å². The predicted molar refractivity (Wildman–Crippen MR) is 139 cm³/mol. The van der Waals surface area contributed by atoms with Gasteiger partial charge in [0.2, 0.25) is 11.8 Å². The Morgan fingerprint density at radius 2 is 2.05 bits per heavy atom. The van der Waals surface area contributed by atoms with Gasteiger partial charge in [-0.15, -0.1) is 0 Å². The van der Waals surface area contributed by atoms with Gasteiger partial charge in [-0.3, -0.25) is 19.8 Å². The topological polar surface area (TPSA) is 99.2 Å². The van der Waals surface area contributed by atoms with Crippen molar-refractivity contribution < 1.29 is 13.9 Å². The lowest BCUT2D eigenvalue weighted by Crippen LogP contribution is -2.50. The highest BCUT2D eigenvalue weighted by atomic mass is 19.1. The number of aryl methyl sites for hydroxylation is 2. The molecule has 38 heavy (non-hydrogen) atoms. The summed E-state index contributed by atoms with van der Waals surface area (Å²) in [5, 5.41) is 7.34. The largest absolute Gasteiger partial charge is 0.476 e. The monoisotopic (exact) mass is 517 g/mol. The van der Waals surface area contributed by atoms with E-state index < -0.39 is 5.91 Å². The Balaban J connectivity index is 1.43. The average molecular weight is 518 g/mol. The van der Waals surface area contributed by atoms with Crippen molar-refractivity contribution in [2.24, 2.45) is 20.0 Å². The van der Waals surface area contributed by atoms with Crippen molar-refractivity contribution in [2.45, 2.75) is 24.8 Å². The molecule has 1 saturated heterocycles. The number of hydrogen-bond acceptors (Lipinski definition) is 6. The zero-order valence-electron chi connectivity index (χ0n) is 21.3. The molecule has 4 aromatic rings. The van der Waals surface area contributed by atoms with Crippen LogP contribution in [0.5, 0.6) is 5.88 Å². The quantitative estimate of drug-likeness (QED) is 0.385. The third kappa shape index (κ3) is 3.48. The number of benzene rings is 1. The first-order valence-electron chi connectivity index (χ1n) is 12.9. The Morgan fingerprint density at radius 3 is 2.92 bits per heavy atom. The fraction of sp³-hybridized carbons (Fsp3) is 0.407. The number of amides is 1. The molecule has 5 heterocycles. The van der Waals surface area contributed by atoms with Crippen LogP contribution in [0.1, 0.15) is 29.6 Å². The number of piperidine rings is 1. The molecule has 10 nitrogen and oxygen atoms in total. The SMILES string of the molecule is Cn1ncc2c1OCCN1CC3CCC(C3)(C1)n1c(nc3cc(F)ccc31)NC(=O)c1cc-2c(=O)n(C)c1. The summed E-state index contributed by atoms with van der Waals surface area (Å²) < 4.78 is 25.5. The number of fused-ring (bicyclic) bond motifs is 9. The van der Waals surface area contributed by atoms with Gasteiger partial charge in [-0.2, -0.15) is 5.10 Å².